The van der Waals surface area contributed by atoms with Crippen molar-refractivity contribution in [2.24, 2.45) is 0 Å². The zero-order valence-electron chi connectivity index (χ0n) is 15.0. The summed E-state index contributed by atoms with van der Waals surface area (Å²) in [4.78, 5) is 0. The van der Waals surface area contributed by atoms with Crippen molar-refractivity contribution in [2.45, 2.75) is 82.7 Å². The molecular weight excluding hydrogens is 296 g/mol. The van der Waals surface area contributed by atoms with E-state index in [-0.39, 0.29) is 12.7 Å². The van der Waals surface area contributed by atoms with E-state index < -0.39 is 16.1 Å². The third kappa shape index (κ3) is 15.0. The summed E-state index contributed by atoms with van der Waals surface area (Å²) in [5, 5.41) is 18.4. The van der Waals surface area contributed by atoms with Crippen LogP contribution in [-0.4, -0.2) is 52.3 Å². The zero-order valence-corrected chi connectivity index (χ0v) is 17.0. The van der Waals surface area contributed by atoms with Gasteiger partial charge in [0.2, 0.25) is 0 Å². The highest BCUT2D eigenvalue weighted by atomic mass is 28.3. The van der Waals surface area contributed by atoms with E-state index in [1.807, 2.05) is 0 Å². The Morgan fingerprint density at radius 2 is 1.57 bits per heavy atom. The highest BCUT2D eigenvalue weighted by molar-refractivity contribution is 6.82. The molecule has 0 saturated carbocycles. The minimum absolute atomic E-state index is 0.213. The van der Waals surface area contributed by atoms with Crippen LogP contribution in [0.4, 0.5) is 0 Å². The maximum atomic E-state index is 9.72. The Hall–Kier alpha value is 0.314. The van der Waals surface area contributed by atoms with Gasteiger partial charge in [-0.25, -0.2) is 0 Å². The van der Waals surface area contributed by atoms with E-state index in [1.165, 1.54) is 18.1 Å². The van der Waals surface area contributed by atoms with Crippen LogP contribution in [0.3, 0.4) is 0 Å². The molecule has 0 spiro atoms. The van der Waals surface area contributed by atoms with E-state index in [1.54, 1.807) is 0 Å². The molecule has 1 unspecified atom stereocenters. The molecule has 0 bridgehead atoms. The SMILES string of the molecule is C[Si](C)(C)CC[Si](C)(C)CCCOCC(O)CCCCO. The molecule has 0 aliphatic heterocycles. The number of unbranched alkanes of at least 4 members (excludes halogenated alkanes) is 1. The molecule has 1 atom stereocenters. The fraction of sp³-hybridized carbons (Fsp3) is 1.00. The molecule has 0 aliphatic carbocycles. The first-order chi connectivity index (χ1) is 9.66. The molecule has 0 aromatic heterocycles. The monoisotopic (exact) mass is 334 g/mol. The molecule has 2 N–H and O–H groups in total. The molecule has 0 aromatic carbocycles. The summed E-state index contributed by atoms with van der Waals surface area (Å²) in [6.07, 6.45) is 3.14. The van der Waals surface area contributed by atoms with Gasteiger partial charge in [0.05, 0.1) is 12.7 Å². The van der Waals surface area contributed by atoms with Gasteiger partial charge in [0.15, 0.2) is 0 Å². The van der Waals surface area contributed by atoms with Crippen LogP contribution in [0.5, 0.6) is 0 Å². The van der Waals surface area contributed by atoms with Crippen molar-refractivity contribution in [3.63, 3.8) is 0 Å². The van der Waals surface area contributed by atoms with Crippen LogP contribution in [0.15, 0.2) is 0 Å². The first-order valence-electron chi connectivity index (χ1n) is 8.53. The standard InChI is InChI=1S/C16H38O3Si2/c1-20(2,3)13-14-21(4,5)12-8-11-19-15-16(18)9-6-7-10-17/h16-18H,6-15H2,1-5H3. The van der Waals surface area contributed by atoms with Gasteiger partial charge in [-0.1, -0.05) is 50.9 Å². The minimum atomic E-state index is -1.05. The van der Waals surface area contributed by atoms with E-state index in [0.717, 1.165) is 32.3 Å². The van der Waals surface area contributed by atoms with Crippen molar-refractivity contribution >= 4 is 16.1 Å². The highest BCUT2D eigenvalue weighted by Crippen LogP contribution is 2.24. The van der Waals surface area contributed by atoms with Gasteiger partial charge in [0.1, 0.15) is 0 Å². The van der Waals surface area contributed by atoms with Crippen molar-refractivity contribution in [2.75, 3.05) is 19.8 Å². The summed E-state index contributed by atoms with van der Waals surface area (Å²) in [7, 11) is -1.95. The van der Waals surface area contributed by atoms with Crippen molar-refractivity contribution in [1.82, 2.24) is 0 Å². The Labute approximate surface area is 134 Å². The summed E-state index contributed by atoms with van der Waals surface area (Å²) in [5.41, 5.74) is 0. The summed E-state index contributed by atoms with van der Waals surface area (Å²) in [6, 6.07) is 4.24. The molecule has 0 aromatic rings. The molecule has 3 nitrogen and oxygen atoms in total. The number of aliphatic hydroxyl groups is 2. The lowest BCUT2D eigenvalue weighted by Gasteiger charge is -2.26. The molecule has 0 rings (SSSR count). The second-order valence-electron chi connectivity index (χ2n) is 8.28. The average Bonchev–Trinajstić information content (AvgIpc) is 2.36. The summed E-state index contributed by atoms with van der Waals surface area (Å²) in [6.45, 7) is 13.8. The Morgan fingerprint density at radius 1 is 0.905 bits per heavy atom. The molecule has 0 fully saturated rings. The van der Waals surface area contributed by atoms with Gasteiger partial charge >= 0.3 is 0 Å². The molecule has 0 saturated heterocycles. The number of aliphatic hydroxyl groups excluding tert-OH is 2. The Kier molecular flexibility index (Phi) is 11.1. The van der Waals surface area contributed by atoms with Gasteiger partial charge in [-0.3, -0.25) is 0 Å². The number of rotatable bonds is 13. The third-order valence-corrected chi connectivity index (χ3v) is 9.51. The first kappa shape index (κ1) is 21.3. The quantitative estimate of drug-likeness (QED) is 0.396. The Morgan fingerprint density at radius 3 is 2.14 bits per heavy atom. The highest BCUT2D eigenvalue weighted by Gasteiger charge is 2.23. The van der Waals surface area contributed by atoms with Gasteiger partial charge in [-0.2, -0.15) is 0 Å². The molecular formula is C16H38O3Si2. The van der Waals surface area contributed by atoms with Crippen LogP contribution in [-0.2, 0) is 4.74 Å². The van der Waals surface area contributed by atoms with Crippen LogP contribution >= 0.6 is 0 Å². The molecule has 0 heterocycles. The van der Waals surface area contributed by atoms with Crippen LogP contribution in [0.25, 0.3) is 0 Å². The lowest BCUT2D eigenvalue weighted by molar-refractivity contribution is 0.0310. The van der Waals surface area contributed by atoms with Crippen molar-refractivity contribution < 1.29 is 14.9 Å². The molecule has 0 aliphatic rings. The summed E-state index contributed by atoms with van der Waals surface area (Å²) >= 11 is 0. The normalized spacial score (nSPS) is 14.4. The van der Waals surface area contributed by atoms with Gasteiger partial charge < -0.3 is 14.9 Å². The van der Waals surface area contributed by atoms with Gasteiger partial charge in [0, 0.05) is 29.4 Å². The second-order valence-corrected chi connectivity index (χ2v) is 19.2. The lowest BCUT2D eigenvalue weighted by atomic mass is 10.2. The Balaban J connectivity index is 3.60. The summed E-state index contributed by atoms with van der Waals surface area (Å²) < 4.78 is 5.59. The average molecular weight is 335 g/mol. The predicted octanol–water partition coefficient (Wildman–Crippen LogP) is 3.96. The molecule has 21 heavy (non-hydrogen) atoms. The zero-order chi connectivity index (χ0) is 16.4. The van der Waals surface area contributed by atoms with E-state index in [4.69, 9.17) is 9.84 Å². The van der Waals surface area contributed by atoms with Gasteiger partial charge in [-0.05, 0) is 25.7 Å². The van der Waals surface area contributed by atoms with Crippen molar-refractivity contribution in [3.05, 3.63) is 0 Å². The largest absolute Gasteiger partial charge is 0.396 e. The van der Waals surface area contributed by atoms with E-state index in [9.17, 15) is 5.11 Å². The van der Waals surface area contributed by atoms with E-state index in [2.05, 4.69) is 32.7 Å². The van der Waals surface area contributed by atoms with Gasteiger partial charge in [-0.15, -0.1) is 0 Å². The summed E-state index contributed by atoms with van der Waals surface area (Å²) in [5.74, 6) is 0. The predicted molar refractivity (Wildman–Crippen MR) is 97.6 cm³/mol. The Bertz CT molecular complexity index is 252. The van der Waals surface area contributed by atoms with Crippen LogP contribution < -0.4 is 0 Å². The minimum Gasteiger partial charge on any atom is -0.396 e. The maximum absolute atomic E-state index is 9.72. The molecule has 5 heteroatoms. The topological polar surface area (TPSA) is 49.7 Å². The van der Waals surface area contributed by atoms with E-state index in [0.29, 0.717) is 6.61 Å². The van der Waals surface area contributed by atoms with E-state index >= 15 is 0 Å². The fourth-order valence-corrected chi connectivity index (χ4v) is 9.34. The first-order valence-corrected chi connectivity index (χ1v) is 15.7. The van der Waals surface area contributed by atoms with Crippen LogP contribution in [0.1, 0.15) is 25.7 Å². The van der Waals surface area contributed by atoms with Gasteiger partial charge in [0.25, 0.3) is 0 Å². The van der Waals surface area contributed by atoms with Crippen molar-refractivity contribution in [3.8, 4) is 0 Å². The molecule has 128 valence electrons. The smallest absolute Gasteiger partial charge is 0.0773 e. The fourth-order valence-electron chi connectivity index (χ4n) is 2.29. The molecule has 0 radical (unpaired) electrons. The number of hydrogen-bond donors (Lipinski definition) is 2. The lowest BCUT2D eigenvalue weighted by Crippen LogP contribution is -2.30. The van der Waals surface area contributed by atoms with Crippen molar-refractivity contribution in [1.29, 1.82) is 0 Å². The number of ether oxygens (including phenoxy) is 1. The number of hydrogen-bond acceptors (Lipinski definition) is 3. The van der Waals surface area contributed by atoms with Crippen LogP contribution in [0.2, 0.25) is 50.9 Å². The second kappa shape index (κ2) is 10.9. The third-order valence-electron chi connectivity index (χ3n) is 3.95. The van der Waals surface area contributed by atoms with Crippen LogP contribution in [0, 0.1) is 0 Å². The molecule has 0 amide bonds. The maximum Gasteiger partial charge on any atom is 0.0773 e.